The Hall–Kier alpha value is -2.47. The fourth-order valence-corrected chi connectivity index (χ4v) is 3.61. The first-order valence-corrected chi connectivity index (χ1v) is 9.35. The van der Waals surface area contributed by atoms with E-state index in [-0.39, 0.29) is 5.56 Å². The molecule has 0 bridgehead atoms. The number of benzene rings is 1. The lowest BCUT2D eigenvalue weighted by atomic mass is 10.0. The number of aryl methyl sites for hydroxylation is 2. The Labute approximate surface area is 152 Å². The highest BCUT2D eigenvalue weighted by Crippen LogP contribution is 2.13. The van der Waals surface area contributed by atoms with E-state index < -0.39 is 0 Å². The number of aromatic nitrogens is 4. The van der Waals surface area contributed by atoms with Crippen molar-refractivity contribution in [1.82, 2.24) is 24.5 Å². The van der Waals surface area contributed by atoms with Crippen LogP contribution in [0.15, 0.2) is 29.1 Å². The van der Waals surface area contributed by atoms with Crippen LogP contribution in [-0.2, 0) is 13.0 Å². The van der Waals surface area contributed by atoms with Gasteiger partial charge in [-0.25, -0.2) is 4.98 Å². The molecular formula is C20H25N5O. The van der Waals surface area contributed by atoms with Gasteiger partial charge in [0.05, 0.1) is 12.2 Å². The van der Waals surface area contributed by atoms with Gasteiger partial charge in [-0.2, -0.15) is 9.50 Å². The lowest BCUT2D eigenvalue weighted by molar-refractivity contribution is 0.216. The Bertz CT molecular complexity index is 964. The van der Waals surface area contributed by atoms with Crippen molar-refractivity contribution in [2.75, 3.05) is 13.1 Å². The quantitative estimate of drug-likeness (QED) is 0.785. The topological polar surface area (TPSA) is 66.3 Å². The number of fused-ring (bicyclic) bond motifs is 1. The first-order valence-electron chi connectivity index (χ1n) is 9.35. The second kappa shape index (κ2) is 7.03. The van der Waals surface area contributed by atoms with Crippen molar-refractivity contribution in [1.29, 1.82) is 0 Å². The number of piperidine rings is 1. The van der Waals surface area contributed by atoms with E-state index in [4.69, 9.17) is 0 Å². The van der Waals surface area contributed by atoms with Gasteiger partial charge >= 0.3 is 0 Å². The summed E-state index contributed by atoms with van der Waals surface area (Å²) >= 11 is 0. The van der Waals surface area contributed by atoms with E-state index >= 15 is 0 Å². The van der Waals surface area contributed by atoms with Gasteiger partial charge in [0.25, 0.3) is 11.3 Å². The van der Waals surface area contributed by atoms with Crippen LogP contribution < -0.4 is 5.56 Å². The van der Waals surface area contributed by atoms with E-state index in [2.05, 4.69) is 51.2 Å². The molecule has 136 valence electrons. The van der Waals surface area contributed by atoms with Gasteiger partial charge in [-0.15, -0.1) is 0 Å². The molecule has 1 saturated heterocycles. The Morgan fingerprint density at radius 1 is 1.04 bits per heavy atom. The highest BCUT2D eigenvalue weighted by atomic mass is 16.1. The molecular weight excluding hydrogens is 326 g/mol. The number of rotatable bonds is 4. The van der Waals surface area contributed by atoms with Crippen LogP contribution in [0, 0.1) is 13.8 Å². The standard InChI is InChI=1S/C20H25N5O/c1-14-6-8-16(9-7-14)12-17-15(2)21-20-22-18(23-25(20)19(17)26)13-24-10-4-3-5-11-24/h6-9H,3-5,10-13H2,1-2H3,(H,21,22,23). The molecule has 6 heteroatoms. The number of aromatic amines is 1. The van der Waals surface area contributed by atoms with Crippen LogP contribution in [0.5, 0.6) is 0 Å². The lowest BCUT2D eigenvalue weighted by Gasteiger charge is -2.24. The van der Waals surface area contributed by atoms with Crippen LogP contribution in [0.3, 0.4) is 0 Å². The van der Waals surface area contributed by atoms with Gasteiger partial charge in [0, 0.05) is 12.0 Å². The zero-order valence-electron chi connectivity index (χ0n) is 15.5. The van der Waals surface area contributed by atoms with E-state index in [1.165, 1.54) is 29.3 Å². The van der Waals surface area contributed by atoms with Gasteiger partial charge in [0.1, 0.15) is 5.82 Å². The maximum absolute atomic E-state index is 13.0. The number of nitrogens with one attached hydrogen (secondary N) is 1. The molecule has 1 aliphatic rings. The van der Waals surface area contributed by atoms with Crippen LogP contribution in [0.25, 0.3) is 5.78 Å². The summed E-state index contributed by atoms with van der Waals surface area (Å²) in [4.78, 5) is 24.5. The second-order valence-corrected chi connectivity index (χ2v) is 7.29. The summed E-state index contributed by atoms with van der Waals surface area (Å²) in [5.41, 5.74) is 3.76. The smallest absolute Gasteiger partial charge is 0.277 e. The van der Waals surface area contributed by atoms with E-state index in [1.54, 1.807) is 0 Å². The summed E-state index contributed by atoms with van der Waals surface area (Å²) in [6, 6.07) is 8.28. The van der Waals surface area contributed by atoms with Crippen molar-refractivity contribution in [3.63, 3.8) is 0 Å². The van der Waals surface area contributed by atoms with Crippen molar-refractivity contribution in [2.24, 2.45) is 0 Å². The number of hydrogen-bond acceptors (Lipinski definition) is 4. The van der Waals surface area contributed by atoms with E-state index in [0.29, 0.717) is 12.2 Å². The van der Waals surface area contributed by atoms with Crippen LogP contribution in [0.4, 0.5) is 0 Å². The van der Waals surface area contributed by atoms with Crippen LogP contribution >= 0.6 is 0 Å². The van der Waals surface area contributed by atoms with Crippen LogP contribution in [0.1, 0.15) is 47.5 Å². The van der Waals surface area contributed by atoms with Gasteiger partial charge in [-0.1, -0.05) is 36.2 Å². The molecule has 6 nitrogen and oxygen atoms in total. The minimum Gasteiger partial charge on any atom is -0.296 e. The predicted molar refractivity (Wildman–Crippen MR) is 101 cm³/mol. The molecule has 0 spiro atoms. The normalized spacial score (nSPS) is 15.6. The van der Waals surface area contributed by atoms with Gasteiger partial charge in [0.15, 0.2) is 0 Å². The molecule has 0 radical (unpaired) electrons. The molecule has 0 amide bonds. The highest BCUT2D eigenvalue weighted by molar-refractivity contribution is 5.35. The summed E-state index contributed by atoms with van der Waals surface area (Å²) in [5, 5.41) is 3.16. The number of hydrogen-bond donors (Lipinski definition) is 1. The molecule has 1 N–H and O–H groups in total. The Morgan fingerprint density at radius 2 is 1.77 bits per heavy atom. The Balaban J connectivity index is 1.64. The van der Waals surface area contributed by atoms with Crippen molar-refractivity contribution >= 4 is 5.78 Å². The third kappa shape index (κ3) is 3.42. The monoisotopic (exact) mass is 351 g/mol. The molecule has 1 aromatic carbocycles. The fourth-order valence-electron chi connectivity index (χ4n) is 3.61. The van der Waals surface area contributed by atoms with E-state index in [0.717, 1.165) is 42.3 Å². The maximum Gasteiger partial charge on any atom is 0.277 e. The van der Waals surface area contributed by atoms with Crippen molar-refractivity contribution < 1.29 is 0 Å². The average molecular weight is 351 g/mol. The van der Waals surface area contributed by atoms with Gasteiger partial charge in [0.2, 0.25) is 0 Å². The van der Waals surface area contributed by atoms with Gasteiger partial charge < -0.3 is 0 Å². The molecule has 0 aliphatic carbocycles. The molecule has 2 aromatic heterocycles. The number of H-pyrrole nitrogens is 1. The van der Waals surface area contributed by atoms with E-state index in [1.807, 2.05) is 6.92 Å². The molecule has 1 aliphatic heterocycles. The second-order valence-electron chi connectivity index (χ2n) is 7.29. The fraction of sp³-hybridized carbons (Fsp3) is 0.450. The Kier molecular flexibility index (Phi) is 4.59. The molecule has 0 saturated carbocycles. The summed E-state index contributed by atoms with van der Waals surface area (Å²) in [6.45, 7) is 6.89. The molecule has 3 heterocycles. The minimum absolute atomic E-state index is 0.0505. The maximum atomic E-state index is 13.0. The van der Waals surface area contributed by atoms with Gasteiger partial charge in [-0.05, 0) is 45.3 Å². The minimum atomic E-state index is -0.0505. The van der Waals surface area contributed by atoms with Crippen molar-refractivity contribution in [3.05, 3.63) is 62.8 Å². The third-order valence-electron chi connectivity index (χ3n) is 5.17. The summed E-state index contributed by atoms with van der Waals surface area (Å²) in [5.74, 6) is 1.27. The molecule has 4 rings (SSSR count). The first-order chi connectivity index (χ1) is 12.6. The zero-order valence-corrected chi connectivity index (χ0v) is 15.5. The largest absolute Gasteiger partial charge is 0.296 e. The predicted octanol–water partition coefficient (Wildman–Crippen LogP) is 2.61. The van der Waals surface area contributed by atoms with Crippen LogP contribution in [0.2, 0.25) is 0 Å². The number of likely N-dealkylation sites (tertiary alicyclic amines) is 1. The zero-order chi connectivity index (χ0) is 18.1. The first kappa shape index (κ1) is 17.0. The molecule has 26 heavy (non-hydrogen) atoms. The third-order valence-corrected chi connectivity index (χ3v) is 5.17. The lowest BCUT2D eigenvalue weighted by Crippen LogP contribution is -2.29. The summed E-state index contributed by atoms with van der Waals surface area (Å²) in [7, 11) is 0. The Morgan fingerprint density at radius 3 is 2.50 bits per heavy atom. The van der Waals surface area contributed by atoms with E-state index in [9.17, 15) is 4.79 Å². The summed E-state index contributed by atoms with van der Waals surface area (Å²) in [6.07, 6.45) is 4.36. The van der Waals surface area contributed by atoms with Crippen molar-refractivity contribution in [2.45, 2.75) is 46.1 Å². The molecule has 0 atom stereocenters. The summed E-state index contributed by atoms with van der Waals surface area (Å²) < 4.78 is 1.50. The number of nitrogens with zero attached hydrogens (tertiary/aromatic N) is 4. The molecule has 3 aromatic rings. The van der Waals surface area contributed by atoms with Crippen LogP contribution in [-0.4, -0.2) is 37.6 Å². The average Bonchev–Trinajstić information content (AvgIpc) is 3.03. The van der Waals surface area contributed by atoms with Gasteiger partial charge in [-0.3, -0.25) is 14.8 Å². The van der Waals surface area contributed by atoms with Crippen molar-refractivity contribution in [3.8, 4) is 0 Å². The molecule has 1 fully saturated rings. The highest BCUT2D eigenvalue weighted by Gasteiger charge is 2.16. The molecule has 0 unspecified atom stereocenters. The SMILES string of the molecule is Cc1ccc(Cc2c(C)nc3nc(CN4CCCCC4)[nH]n3c2=O)cc1.